The van der Waals surface area contributed by atoms with Crippen LogP contribution in [0.5, 0.6) is 0 Å². The molecule has 0 amide bonds. The van der Waals surface area contributed by atoms with Gasteiger partial charge in [-0.25, -0.2) is 8.78 Å². The minimum absolute atomic E-state index is 0.160. The topological polar surface area (TPSA) is 15.3 Å². The van der Waals surface area contributed by atoms with Crippen LogP contribution in [0.3, 0.4) is 0 Å². The predicted octanol–water partition coefficient (Wildman–Crippen LogP) is 4.09. The van der Waals surface area contributed by atoms with E-state index in [9.17, 15) is 8.78 Å². The Morgan fingerprint density at radius 3 is 2.52 bits per heavy atom. The minimum Gasteiger partial charge on any atom is -0.367 e. The fourth-order valence-electron chi connectivity index (χ4n) is 3.11. The van der Waals surface area contributed by atoms with Crippen molar-refractivity contribution in [2.75, 3.05) is 24.5 Å². The average Bonchev–Trinajstić information content (AvgIpc) is 2.87. The summed E-state index contributed by atoms with van der Waals surface area (Å²) in [6.07, 6.45) is 4.31. The second kappa shape index (κ2) is 7.74. The lowest BCUT2D eigenvalue weighted by atomic mass is 10.0. The second-order valence-electron chi connectivity index (χ2n) is 5.97. The van der Waals surface area contributed by atoms with Crippen LogP contribution in [0.25, 0.3) is 0 Å². The molecule has 1 atom stereocenters. The normalized spacial score (nSPS) is 18.5. The fraction of sp³-hybridized carbons (Fsp3) is 0.647. The Morgan fingerprint density at radius 2 is 1.90 bits per heavy atom. The molecule has 21 heavy (non-hydrogen) atoms. The van der Waals surface area contributed by atoms with Crippen LogP contribution in [0.1, 0.15) is 45.1 Å². The molecule has 1 unspecified atom stereocenters. The van der Waals surface area contributed by atoms with E-state index in [2.05, 4.69) is 19.2 Å². The van der Waals surface area contributed by atoms with Gasteiger partial charge in [0.05, 0.1) is 0 Å². The zero-order chi connectivity index (χ0) is 15.2. The summed E-state index contributed by atoms with van der Waals surface area (Å²) in [6, 6.07) is 2.93. The van der Waals surface area contributed by atoms with Crippen molar-refractivity contribution in [3.05, 3.63) is 29.3 Å². The maximum atomic E-state index is 14.3. The van der Waals surface area contributed by atoms with Gasteiger partial charge >= 0.3 is 0 Å². The Labute approximate surface area is 126 Å². The van der Waals surface area contributed by atoms with E-state index < -0.39 is 11.6 Å². The summed E-state index contributed by atoms with van der Waals surface area (Å²) in [4.78, 5) is 1.87. The zero-order valence-electron chi connectivity index (χ0n) is 13.1. The number of hydrogen-bond acceptors (Lipinski definition) is 2. The molecular weight excluding hydrogens is 270 g/mol. The molecule has 0 bridgehead atoms. The standard InChI is InChI=1S/C17H26F2N2/c1-3-5-13-6-8-21(12-13)17-15(18)9-14(10-16(17)19)11-20-7-4-2/h9-10,13,20H,3-8,11-12H2,1-2H3. The van der Waals surface area contributed by atoms with Crippen molar-refractivity contribution < 1.29 is 8.78 Å². The molecule has 1 aliphatic heterocycles. The van der Waals surface area contributed by atoms with Gasteiger partial charge in [-0.3, -0.25) is 0 Å². The van der Waals surface area contributed by atoms with Crippen LogP contribution in [0.4, 0.5) is 14.5 Å². The number of halogens is 2. The first-order valence-electron chi connectivity index (χ1n) is 8.09. The van der Waals surface area contributed by atoms with E-state index in [1.807, 2.05) is 4.90 Å². The average molecular weight is 296 g/mol. The van der Waals surface area contributed by atoms with Gasteiger partial charge in [-0.2, -0.15) is 0 Å². The molecule has 0 radical (unpaired) electrons. The van der Waals surface area contributed by atoms with Crippen LogP contribution in [0.15, 0.2) is 12.1 Å². The highest BCUT2D eigenvalue weighted by Gasteiger charge is 2.26. The third-order valence-electron chi connectivity index (χ3n) is 4.13. The first kappa shape index (κ1) is 16.2. The highest BCUT2D eigenvalue weighted by atomic mass is 19.1. The number of benzene rings is 1. The largest absolute Gasteiger partial charge is 0.367 e. The summed E-state index contributed by atoms with van der Waals surface area (Å²) in [6.45, 7) is 7.12. The molecule has 1 aliphatic rings. The quantitative estimate of drug-likeness (QED) is 0.762. The zero-order valence-corrected chi connectivity index (χ0v) is 13.1. The van der Waals surface area contributed by atoms with Gasteiger partial charge in [0.15, 0.2) is 0 Å². The summed E-state index contributed by atoms with van der Waals surface area (Å²) < 4.78 is 28.6. The molecule has 1 heterocycles. The molecule has 1 N–H and O–H groups in total. The van der Waals surface area contributed by atoms with E-state index in [0.29, 0.717) is 18.0 Å². The van der Waals surface area contributed by atoms with Crippen LogP contribution in [-0.4, -0.2) is 19.6 Å². The highest BCUT2D eigenvalue weighted by molar-refractivity contribution is 5.51. The summed E-state index contributed by atoms with van der Waals surface area (Å²) in [7, 11) is 0. The summed E-state index contributed by atoms with van der Waals surface area (Å²) in [5, 5.41) is 3.17. The van der Waals surface area contributed by atoms with Crippen LogP contribution >= 0.6 is 0 Å². The number of anilines is 1. The van der Waals surface area contributed by atoms with Gasteiger partial charge in [0, 0.05) is 19.6 Å². The predicted molar refractivity (Wildman–Crippen MR) is 83.6 cm³/mol. The Morgan fingerprint density at radius 1 is 1.19 bits per heavy atom. The molecule has 1 fully saturated rings. The Hall–Kier alpha value is -1.16. The smallest absolute Gasteiger partial charge is 0.149 e. The lowest BCUT2D eigenvalue weighted by Crippen LogP contribution is -2.23. The van der Waals surface area contributed by atoms with Crippen molar-refractivity contribution in [3.63, 3.8) is 0 Å². The van der Waals surface area contributed by atoms with E-state index in [0.717, 1.165) is 45.3 Å². The molecular formula is C17H26F2N2. The SMILES string of the molecule is CCCNCc1cc(F)c(N2CCC(CCC)C2)c(F)c1. The molecule has 0 spiro atoms. The van der Waals surface area contributed by atoms with E-state index in [1.165, 1.54) is 12.1 Å². The molecule has 4 heteroatoms. The molecule has 1 aromatic carbocycles. The van der Waals surface area contributed by atoms with Crippen molar-refractivity contribution in [1.29, 1.82) is 0 Å². The maximum Gasteiger partial charge on any atom is 0.149 e. The molecule has 2 nitrogen and oxygen atoms in total. The molecule has 0 aromatic heterocycles. The van der Waals surface area contributed by atoms with E-state index >= 15 is 0 Å². The molecule has 1 saturated heterocycles. The first-order chi connectivity index (χ1) is 10.2. The van der Waals surface area contributed by atoms with Crippen molar-refractivity contribution >= 4 is 5.69 Å². The Kier molecular flexibility index (Phi) is 5.97. The number of rotatable bonds is 7. The minimum atomic E-state index is -0.430. The van der Waals surface area contributed by atoms with Gasteiger partial charge in [-0.15, -0.1) is 0 Å². The monoisotopic (exact) mass is 296 g/mol. The van der Waals surface area contributed by atoms with Crippen LogP contribution in [0, 0.1) is 17.6 Å². The van der Waals surface area contributed by atoms with Gasteiger partial charge in [-0.05, 0) is 49.4 Å². The molecule has 0 aliphatic carbocycles. The highest BCUT2D eigenvalue weighted by Crippen LogP contribution is 2.31. The lowest BCUT2D eigenvalue weighted by molar-refractivity contribution is 0.526. The Balaban J connectivity index is 2.07. The van der Waals surface area contributed by atoms with Gasteiger partial charge in [0.1, 0.15) is 17.3 Å². The number of nitrogens with zero attached hydrogens (tertiary/aromatic N) is 1. The third-order valence-corrected chi connectivity index (χ3v) is 4.13. The third kappa shape index (κ3) is 4.16. The number of nitrogens with one attached hydrogen (secondary N) is 1. The Bertz CT molecular complexity index is 439. The van der Waals surface area contributed by atoms with Crippen molar-refractivity contribution in [2.24, 2.45) is 5.92 Å². The number of hydrogen-bond donors (Lipinski definition) is 1. The fourth-order valence-corrected chi connectivity index (χ4v) is 3.11. The summed E-state index contributed by atoms with van der Waals surface area (Å²) in [5.74, 6) is -0.291. The second-order valence-corrected chi connectivity index (χ2v) is 5.97. The van der Waals surface area contributed by atoms with Crippen LogP contribution in [-0.2, 0) is 6.54 Å². The summed E-state index contributed by atoms with van der Waals surface area (Å²) in [5.41, 5.74) is 0.833. The van der Waals surface area contributed by atoms with Gasteiger partial charge in [0.25, 0.3) is 0 Å². The van der Waals surface area contributed by atoms with Crippen LogP contribution in [0.2, 0.25) is 0 Å². The van der Waals surface area contributed by atoms with E-state index in [1.54, 1.807) is 0 Å². The van der Waals surface area contributed by atoms with Crippen LogP contribution < -0.4 is 10.2 Å². The van der Waals surface area contributed by atoms with Crippen molar-refractivity contribution in [3.8, 4) is 0 Å². The molecule has 2 rings (SSSR count). The van der Waals surface area contributed by atoms with Crippen molar-refractivity contribution in [2.45, 2.75) is 46.1 Å². The van der Waals surface area contributed by atoms with E-state index in [-0.39, 0.29) is 5.69 Å². The summed E-state index contributed by atoms with van der Waals surface area (Å²) >= 11 is 0. The van der Waals surface area contributed by atoms with Gasteiger partial charge in [-0.1, -0.05) is 20.3 Å². The molecule has 0 saturated carbocycles. The first-order valence-corrected chi connectivity index (χ1v) is 8.09. The van der Waals surface area contributed by atoms with Gasteiger partial charge in [0.2, 0.25) is 0 Å². The van der Waals surface area contributed by atoms with Crippen molar-refractivity contribution in [1.82, 2.24) is 5.32 Å². The van der Waals surface area contributed by atoms with E-state index in [4.69, 9.17) is 0 Å². The molecule has 118 valence electrons. The maximum absolute atomic E-state index is 14.3. The van der Waals surface area contributed by atoms with Gasteiger partial charge < -0.3 is 10.2 Å². The lowest BCUT2D eigenvalue weighted by Gasteiger charge is -2.21. The molecule has 1 aromatic rings.